The Morgan fingerprint density at radius 2 is 1.69 bits per heavy atom. The molecule has 1 aliphatic rings. The summed E-state index contributed by atoms with van der Waals surface area (Å²) in [6, 6.07) is 17.7. The largest absolute Gasteiger partial charge is 0.494 e. The molecule has 10 heteroatoms. The topological polar surface area (TPSA) is 98.8 Å². The maximum atomic E-state index is 12.5. The van der Waals surface area contributed by atoms with Crippen molar-refractivity contribution in [1.82, 2.24) is 9.88 Å². The number of rotatable bonds is 6. The van der Waals surface area contributed by atoms with Crippen molar-refractivity contribution in [2.24, 2.45) is 0 Å². The minimum Gasteiger partial charge on any atom is -0.494 e. The summed E-state index contributed by atoms with van der Waals surface area (Å²) in [5, 5.41) is 8.80. The van der Waals surface area contributed by atoms with Crippen LogP contribution < -0.4 is 25.6 Å². The molecule has 2 aromatic carbocycles. The van der Waals surface area contributed by atoms with Crippen molar-refractivity contribution in [2.45, 2.75) is 6.92 Å². The van der Waals surface area contributed by atoms with Gasteiger partial charge in [0.25, 0.3) is 0 Å². The highest BCUT2D eigenvalue weighted by molar-refractivity contribution is 6.33. The molecule has 35 heavy (non-hydrogen) atoms. The number of halogens is 1. The lowest BCUT2D eigenvalue weighted by Crippen LogP contribution is -2.50. The van der Waals surface area contributed by atoms with Gasteiger partial charge in [0.15, 0.2) is 5.82 Å². The van der Waals surface area contributed by atoms with Crippen LogP contribution in [0.2, 0.25) is 5.02 Å². The van der Waals surface area contributed by atoms with Crippen LogP contribution in [0.4, 0.5) is 32.5 Å². The molecule has 1 aliphatic heterocycles. The van der Waals surface area contributed by atoms with Gasteiger partial charge in [0.2, 0.25) is 0 Å². The van der Waals surface area contributed by atoms with Crippen LogP contribution in [-0.4, -0.2) is 54.7 Å². The first-order valence-electron chi connectivity index (χ1n) is 11.3. The summed E-state index contributed by atoms with van der Waals surface area (Å²) in [5.74, 6) is 1.06. The minimum atomic E-state index is -0.334. The molecular formula is C25H27ClN6O3. The molecule has 3 aromatic rings. The van der Waals surface area contributed by atoms with Gasteiger partial charge in [-0.3, -0.25) is 5.32 Å². The Morgan fingerprint density at radius 1 is 0.943 bits per heavy atom. The maximum Gasteiger partial charge on any atom is 0.323 e. The summed E-state index contributed by atoms with van der Waals surface area (Å²) in [7, 11) is 0. The zero-order valence-electron chi connectivity index (χ0n) is 19.3. The van der Waals surface area contributed by atoms with Gasteiger partial charge >= 0.3 is 12.1 Å². The van der Waals surface area contributed by atoms with Gasteiger partial charge in [-0.25, -0.2) is 14.6 Å². The van der Waals surface area contributed by atoms with Crippen molar-refractivity contribution in [3.63, 3.8) is 0 Å². The highest BCUT2D eigenvalue weighted by Gasteiger charge is 2.22. The fourth-order valence-electron chi connectivity index (χ4n) is 3.71. The Labute approximate surface area is 209 Å². The zero-order chi connectivity index (χ0) is 24.6. The van der Waals surface area contributed by atoms with Crippen molar-refractivity contribution in [1.29, 1.82) is 0 Å². The second-order valence-corrected chi connectivity index (χ2v) is 8.23. The number of nitrogens with one attached hydrogen (secondary N) is 3. The molecule has 0 unspecified atom stereocenters. The molecule has 2 heterocycles. The van der Waals surface area contributed by atoms with E-state index in [4.69, 9.17) is 16.3 Å². The molecule has 0 aliphatic carbocycles. The van der Waals surface area contributed by atoms with Crippen LogP contribution in [0.5, 0.6) is 5.75 Å². The number of ether oxygens (including phenoxy) is 1. The zero-order valence-corrected chi connectivity index (χ0v) is 20.1. The van der Waals surface area contributed by atoms with Gasteiger partial charge < -0.3 is 25.2 Å². The van der Waals surface area contributed by atoms with E-state index in [1.165, 1.54) is 0 Å². The number of aromatic nitrogens is 1. The molecule has 0 spiro atoms. The number of amides is 4. The quantitative estimate of drug-likeness (QED) is 0.441. The average Bonchev–Trinajstić information content (AvgIpc) is 2.86. The third-order valence-corrected chi connectivity index (χ3v) is 5.75. The minimum absolute atomic E-state index is 0.220. The number of carbonyl (C=O) groups excluding carboxylic acids is 2. The van der Waals surface area contributed by atoms with Gasteiger partial charge in [-0.1, -0.05) is 17.7 Å². The van der Waals surface area contributed by atoms with Crippen LogP contribution in [0.3, 0.4) is 0 Å². The van der Waals surface area contributed by atoms with E-state index in [-0.39, 0.29) is 12.1 Å². The van der Waals surface area contributed by atoms with E-state index in [0.717, 1.165) is 5.69 Å². The molecule has 4 amide bonds. The van der Waals surface area contributed by atoms with Crippen molar-refractivity contribution in [3.05, 3.63) is 71.9 Å². The number of benzene rings is 2. The third kappa shape index (κ3) is 6.54. The lowest BCUT2D eigenvalue weighted by atomic mass is 10.2. The van der Waals surface area contributed by atoms with E-state index < -0.39 is 0 Å². The van der Waals surface area contributed by atoms with E-state index in [1.807, 2.05) is 43.3 Å². The van der Waals surface area contributed by atoms with E-state index >= 15 is 0 Å². The van der Waals surface area contributed by atoms with Gasteiger partial charge in [0, 0.05) is 55.5 Å². The number of carbonyl (C=O) groups is 2. The summed E-state index contributed by atoms with van der Waals surface area (Å²) in [5.41, 5.74) is 2.35. The standard InChI is InChI=1S/C25H27ClN6O3/c1-2-35-21-6-3-5-19(17-21)29-24(33)28-18-8-10-20(11-9-18)31-13-15-32(16-14-31)25(34)30-23-22(26)7-4-12-27-23/h3-12,17H,2,13-16H2,1H3,(H,27,30,34)(H2,28,29,33). The Hall–Kier alpha value is -3.98. The number of urea groups is 2. The smallest absolute Gasteiger partial charge is 0.323 e. The lowest BCUT2D eigenvalue weighted by Gasteiger charge is -2.36. The van der Waals surface area contributed by atoms with E-state index in [9.17, 15) is 9.59 Å². The Bertz CT molecular complexity index is 1170. The summed E-state index contributed by atoms with van der Waals surface area (Å²) >= 11 is 6.07. The summed E-state index contributed by atoms with van der Waals surface area (Å²) < 4.78 is 5.46. The Balaban J connectivity index is 1.26. The molecule has 0 atom stereocenters. The van der Waals surface area contributed by atoms with Gasteiger partial charge in [-0.05, 0) is 55.5 Å². The molecule has 1 fully saturated rings. The molecule has 182 valence electrons. The number of anilines is 4. The lowest BCUT2D eigenvalue weighted by molar-refractivity contribution is 0.208. The van der Waals surface area contributed by atoms with Crippen LogP contribution in [-0.2, 0) is 0 Å². The number of hydrogen-bond donors (Lipinski definition) is 3. The van der Waals surface area contributed by atoms with Crippen molar-refractivity contribution in [2.75, 3.05) is 53.6 Å². The van der Waals surface area contributed by atoms with E-state index in [2.05, 4.69) is 25.8 Å². The van der Waals surface area contributed by atoms with Crippen LogP contribution in [0.25, 0.3) is 0 Å². The molecule has 1 saturated heterocycles. The maximum absolute atomic E-state index is 12.5. The van der Waals surface area contributed by atoms with Crippen LogP contribution >= 0.6 is 11.6 Å². The van der Waals surface area contributed by atoms with Crippen LogP contribution in [0, 0.1) is 0 Å². The van der Waals surface area contributed by atoms with Crippen molar-refractivity contribution >= 4 is 46.5 Å². The second-order valence-electron chi connectivity index (χ2n) is 7.82. The molecule has 0 bridgehead atoms. The first-order valence-corrected chi connectivity index (χ1v) is 11.7. The molecule has 9 nitrogen and oxygen atoms in total. The highest BCUT2D eigenvalue weighted by Crippen LogP contribution is 2.22. The molecule has 1 aromatic heterocycles. The monoisotopic (exact) mass is 494 g/mol. The number of hydrogen-bond acceptors (Lipinski definition) is 5. The van der Waals surface area contributed by atoms with Gasteiger partial charge in [-0.2, -0.15) is 0 Å². The van der Waals surface area contributed by atoms with E-state index in [0.29, 0.717) is 60.8 Å². The summed E-state index contributed by atoms with van der Waals surface area (Å²) in [6.45, 7) is 4.98. The molecule has 0 saturated carbocycles. The summed E-state index contributed by atoms with van der Waals surface area (Å²) in [6.07, 6.45) is 1.58. The summed E-state index contributed by atoms with van der Waals surface area (Å²) in [4.78, 5) is 32.9. The van der Waals surface area contributed by atoms with Gasteiger partial charge in [-0.15, -0.1) is 0 Å². The number of pyridine rings is 1. The Kier molecular flexibility index (Phi) is 7.89. The highest BCUT2D eigenvalue weighted by atomic mass is 35.5. The molecule has 4 rings (SSSR count). The number of nitrogens with zero attached hydrogens (tertiary/aromatic N) is 3. The van der Waals surface area contributed by atoms with E-state index in [1.54, 1.807) is 35.4 Å². The molecule has 3 N–H and O–H groups in total. The predicted molar refractivity (Wildman–Crippen MR) is 139 cm³/mol. The Morgan fingerprint density at radius 3 is 2.40 bits per heavy atom. The predicted octanol–water partition coefficient (Wildman–Crippen LogP) is 5.13. The van der Waals surface area contributed by atoms with Gasteiger partial charge in [0.05, 0.1) is 11.6 Å². The average molecular weight is 495 g/mol. The molecule has 0 radical (unpaired) electrons. The molecular weight excluding hydrogens is 468 g/mol. The fourth-order valence-corrected chi connectivity index (χ4v) is 3.87. The van der Waals surface area contributed by atoms with Crippen LogP contribution in [0.15, 0.2) is 66.9 Å². The normalized spacial score (nSPS) is 13.2. The first-order chi connectivity index (χ1) is 17.0. The van der Waals surface area contributed by atoms with Crippen molar-refractivity contribution < 1.29 is 14.3 Å². The van der Waals surface area contributed by atoms with Gasteiger partial charge in [0.1, 0.15) is 5.75 Å². The second kappa shape index (κ2) is 11.4. The fraction of sp³-hybridized carbons (Fsp3) is 0.240. The van der Waals surface area contributed by atoms with Crippen molar-refractivity contribution in [3.8, 4) is 5.75 Å². The SMILES string of the molecule is CCOc1cccc(NC(=O)Nc2ccc(N3CCN(C(=O)Nc4ncccc4Cl)CC3)cc2)c1. The number of piperazine rings is 1. The van der Waals surface area contributed by atoms with Crippen LogP contribution in [0.1, 0.15) is 6.92 Å². The third-order valence-electron chi connectivity index (χ3n) is 5.44. The first kappa shape index (κ1) is 24.2.